The number of carbonyl (C=O) groups excluding carboxylic acids is 1. The first-order valence-corrected chi connectivity index (χ1v) is 6.72. The van der Waals surface area contributed by atoms with Gasteiger partial charge >= 0.3 is 5.97 Å². The van der Waals surface area contributed by atoms with Crippen LogP contribution in [0.2, 0.25) is 0 Å². The molecule has 6 heteroatoms. The summed E-state index contributed by atoms with van der Waals surface area (Å²) in [6.45, 7) is 0.152. The molecular formula is C14H18N2O4. The summed E-state index contributed by atoms with van der Waals surface area (Å²) in [4.78, 5) is 21.9. The number of hydrogen-bond donors (Lipinski definition) is 1. The van der Waals surface area contributed by atoms with E-state index in [2.05, 4.69) is 0 Å². The van der Waals surface area contributed by atoms with Crippen LogP contribution in [0.1, 0.15) is 31.2 Å². The molecule has 0 heterocycles. The molecule has 1 aromatic carbocycles. The molecule has 1 aliphatic rings. The highest BCUT2D eigenvalue weighted by Crippen LogP contribution is 2.24. The lowest BCUT2D eigenvalue weighted by Crippen LogP contribution is -2.30. The summed E-state index contributed by atoms with van der Waals surface area (Å²) in [7, 11) is 0. The molecule has 6 nitrogen and oxygen atoms in total. The summed E-state index contributed by atoms with van der Waals surface area (Å²) >= 11 is 0. The summed E-state index contributed by atoms with van der Waals surface area (Å²) in [5.41, 5.74) is 6.57. The van der Waals surface area contributed by atoms with E-state index in [-0.39, 0.29) is 30.2 Å². The molecule has 0 amide bonds. The second kappa shape index (κ2) is 6.47. The molecule has 1 saturated carbocycles. The van der Waals surface area contributed by atoms with Gasteiger partial charge in [0.1, 0.15) is 6.61 Å². The molecule has 0 unspecified atom stereocenters. The van der Waals surface area contributed by atoms with Crippen LogP contribution in [0.3, 0.4) is 0 Å². The number of rotatable bonds is 4. The third-order valence-electron chi connectivity index (χ3n) is 3.63. The van der Waals surface area contributed by atoms with Gasteiger partial charge in [-0.2, -0.15) is 0 Å². The Morgan fingerprint density at radius 1 is 1.25 bits per heavy atom. The topological polar surface area (TPSA) is 95.5 Å². The highest BCUT2D eigenvalue weighted by Gasteiger charge is 2.25. The zero-order valence-corrected chi connectivity index (χ0v) is 11.2. The second-order valence-corrected chi connectivity index (χ2v) is 5.14. The van der Waals surface area contributed by atoms with E-state index in [1.165, 1.54) is 12.1 Å². The van der Waals surface area contributed by atoms with E-state index in [1.54, 1.807) is 12.1 Å². The number of ether oxygens (including phenoxy) is 1. The van der Waals surface area contributed by atoms with Crippen molar-refractivity contribution in [2.24, 2.45) is 11.7 Å². The van der Waals surface area contributed by atoms with Gasteiger partial charge in [-0.05, 0) is 43.4 Å². The lowest BCUT2D eigenvalue weighted by atomic mass is 9.86. The molecule has 1 aromatic rings. The number of nitrogens with zero attached hydrogens (tertiary/aromatic N) is 1. The number of benzene rings is 1. The fourth-order valence-electron chi connectivity index (χ4n) is 2.34. The molecule has 2 N–H and O–H groups in total. The minimum Gasteiger partial charge on any atom is -0.461 e. The Labute approximate surface area is 117 Å². The molecule has 0 atom stereocenters. The second-order valence-electron chi connectivity index (χ2n) is 5.14. The van der Waals surface area contributed by atoms with Crippen LogP contribution in [0.15, 0.2) is 24.3 Å². The molecule has 20 heavy (non-hydrogen) atoms. The van der Waals surface area contributed by atoms with E-state index in [4.69, 9.17) is 10.5 Å². The van der Waals surface area contributed by atoms with Crippen molar-refractivity contribution in [2.75, 3.05) is 0 Å². The first-order chi connectivity index (χ1) is 9.56. The summed E-state index contributed by atoms with van der Waals surface area (Å²) in [6, 6.07) is 6.21. The summed E-state index contributed by atoms with van der Waals surface area (Å²) in [5.74, 6) is -0.261. The van der Waals surface area contributed by atoms with Crippen molar-refractivity contribution in [3.63, 3.8) is 0 Å². The monoisotopic (exact) mass is 278 g/mol. The zero-order chi connectivity index (χ0) is 14.5. The fourth-order valence-corrected chi connectivity index (χ4v) is 2.34. The van der Waals surface area contributed by atoms with Gasteiger partial charge in [-0.3, -0.25) is 14.9 Å². The van der Waals surface area contributed by atoms with Crippen LogP contribution < -0.4 is 5.73 Å². The van der Waals surface area contributed by atoms with E-state index >= 15 is 0 Å². The van der Waals surface area contributed by atoms with Crippen molar-refractivity contribution in [2.45, 2.75) is 38.3 Å². The van der Waals surface area contributed by atoms with E-state index < -0.39 is 4.92 Å². The number of hydrogen-bond acceptors (Lipinski definition) is 5. The van der Waals surface area contributed by atoms with Crippen LogP contribution in [0, 0.1) is 16.0 Å². The smallest absolute Gasteiger partial charge is 0.309 e. The molecule has 2 rings (SSSR count). The van der Waals surface area contributed by atoms with Crippen LogP contribution in [0.25, 0.3) is 0 Å². The lowest BCUT2D eigenvalue weighted by molar-refractivity contribution is -0.384. The van der Waals surface area contributed by atoms with Gasteiger partial charge < -0.3 is 10.5 Å². The van der Waals surface area contributed by atoms with Crippen LogP contribution in [-0.2, 0) is 16.1 Å². The summed E-state index contributed by atoms with van der Waals surface area (Å²) in [5, 5.41) is 10.5. The highest BCUT2D eigenvalue weighted by atomic mass is 16.6. The van der Waals surface area contributed by atoms with Crippen LogP contribution in [-0.4, -0.2) is 16.9 Å². The van der Waals surface area contributed by atoms with Gasteiger partial charge in [-0.1, -0.05) is 0 Å². The van der Waals surface area contributed by atoms with Gasteiger partial charge in [-0.15, -0.1) is 0 Å². The minimum absolute atomic E-state index is 0.0290. The normalized spacial score (nSPS) is 22.2. The molecule has 108 valence electrons. The maximum atomic E-state index is 11.9. The summed E-state index contributed by atoms with van der Waals surface area (Å²) < 4.78 is 5.25. The zero-order valence-electron chi connectivity index (χ0n) is 11.2. The number of nitrogens with two attached hydrogens (primary N) is 1. The van der Waals surface area contributed by atoms with Crippen LogP contribution in [0.5, 0.6) is 0 Å². The quantitative estimate of drug-likeness (QED) is 0.517. The Morgan fingerprint density at radius 2 is 1.85 bits per heavy atom. The maximum Gasteiger partial charge on any atom is 0.309 e. The molecule has 0 bridgehead atoms. The SMILES string of the molecule is NC1CCC(C(=O)OCc2ccc([N+](=O)[O-])cc2)CC1. The lowest BCUT2D eigenvalue weighted by Gasteiger charge is -2.24. The van der Waals surface area contributed by atoms with Gasteiger partial charge in [0.25, 0.3) is 5.69 Å². The standard InChI is InChI=1S/C14H18N2O4/c15-12-5-3-11(4-6-12)14(17)20-9-10-1-7-13(8-2-10)16(18)19/h1-2,7-8,11-12H,3-6,9,15H2. The predicted molar refractivity (Wildman–Crippen MR) is 72.8 cm³/mol. The van der Waals surface area contributed by atoms with Crippen molar-refractivity contribution < 1.29 is 14.5 Å². The highest BCUT2D eigenvalue weighted by molar-refractivity contribution is 5.72. The van der Waals surface area contributed by atoms with Gasteiger partial charge in [0, 0.05) is 18.2 Å². The Hall–Kier alpha value is -1.95. The molecule has 1 fully saturated rings. The van der Waals surface area contributed by atoms with Crippen LogP contribution in [0.4, 0.5) is 5.69 Å². The molecular weight excluding hydrogens is 260 g/mol. The van der Waals surface area contributed by atoms with Crippen molar-refractivity contribution in [1.29, 1.82) is 0 Å². The van der Waals surface area contributed by atoms with Crippen molar-refractivity contribution in [3.05, 3.63) is 39.9 Å². The van der Waals surface area contributed by atoms with Gasteiger partial charge in [0.2, 0.25) is 0 Å². The number of nitro groups is 1. The molecule has 0 aliphatic heterocycles. The molecule has 0 spiro atoms. The van der Waals surface area contributed by atoms with Crippen molar-refractivity contribution in [1.82, 2.24) is 0 Å². The Balaban J connectivity index is 1.82. The average molecular weight is 278 g/mol. The molecule has 1 aliphatic carbocycles. The van der Waals surface area contributed by atoms with Gasteiger partial charge in [0.05, 0.1) is 10.8 Å². The van der Waals surface area contributed by atoms with Crippen LogP contribution >= 0.6 is 0 Å². The number of non-ortho nitro benzene ring substituents is 1. The molecule has 0 aromatic heterocycles. The first kappa shape index (κ1) is 14.5. The van der Waals surface area contributed by atoms with Crippen molar-refractivity contribution in [3.8, 4) is 0 Å². The Kier molecular flexibility index (Phi) is 4.68. The first-order valence-electron chi connectivity index (χ1n) is 6.72. The average Bonchev–Trinajstić information content (AvgIpc) is 2.46. The Morgan fingerprint density at radius 3 is 2.40 bits per heavy atom. The van der Waals surface area contributed by atoms with Gasteiger partial charge in [-0.25, -0.2) is 0 Å². The number of nitro benzene ring substituents is 1. The number of carbonyl (C=O) groups is 1. The Bertz CT molecular complexity index is 478. The van der Waals surface area contributed by atoms with Gasteiger partial charge in [0.15, 0.2) is 0 Å². The fraction of sp³-hybridized carbons (Fsp3) is 0.500. The van der Waals surface area contributed by atoms with E-state index in [9.17, 15) is 14.9 Å². The van der Waals surface area contributed by atoms with E-state index in [0.717, 1.165) is 31.2 Å². The molecule has 0 saturated heterocycles. The van der Waals surface area contributed by atoms with Crippen molar-refractivity contribution >= 4 is 11.7 Å². The predicted octanol–water partition coefficient (Wildman–Crippen LogP) is 2.16. The summed E-state index contributed by atoms with van der Waals surface area (Å²) in [6.07, 6.45) is 3.27. The maximum absolute atomic E-state index is 11.9. The third kappa shape index (κ3) is 3.77. The minimum atomic E-state index is -0.457. The largest absolute Gasteiger partial charge is 0.461 e. The third-order valence-corrected chi connectivity index (χ3v) is 3.63. The number of esters is 1. The molecule has 0 radical (unpaired) electrons. The van der Waals surface area contributed by atoms with E-state index in [0.29, 0.717) is 0 Å². The van der Waals surface area contributed by atoms with E-state index in [1.807, 2.05) is 0 Å².